The van der Waals surface area contributed by atoms with E-state index in [0.717, 1.165) is 25.8 Å². The van der Waals surface area contributed by atoms with Crippen molar-refractivity contribution in [2.24, 2.45) is 0 Å². The Morgan fingerprint density at radius 2 is 1.95 bits per heavy atom. The molecule has 5 heteroatoms. The van der Waals surface area contributed by atoms with Crippen LogP contribution >= 0.6 is 0 Å². The number of nitrogens with zero attached hydrogens (tertiary/aromatic N) is 2. The standard InChI is InChI=1S/C15H29N3O2/c1-6-10-16-12(7-2)11(5)15-17-14(18-20-15)13(8-3)19-9-4/h11-13,16H,6-10H2,1-5H3. The third-order valence-corrected chi connectivity index (χ3v) is 3.57. The molecule has 0 spiro atoms. The highest BCUT2D eigenvalue weighted by atomic mass is 16.5. The average molecular weight is 283 g/mol. The molecule has 3 unspecified atom stereocenters. The van der Waals surface area contributed by atoms with Gasteiger partial charge in [0, 0.05) is 12.6 Å². The Bertz CT molecular complexity index is 368. The van der Waals surface area contributed by atoms with E-state index in [2.05, 4.69) is 43.2 Å². The van der Waals surface area contributed by atoms with Crippen LogP contribution < -0.4 is 5.32 Å². The molecule has 0 saturated carbocycles. The van der Waals surface area contributed by atoms with Crippen molar-refractivity contribution in [3.63, 3.8) is 0 Å². The Balaban J connectivity index is 2.73. The summed E-state index contributed by atoms with van der Waals surface area (Å²) in [6.45, 7) is 12.2. The van der Waals surface area contributed by atoms with Gasteiger partial charge in [-0.3, -0.25) is 0 Å². The van der Waals surface area contributed by atoms with Crippen LogP contribution in [0.1, 0.15) is 77.6 Å². The summed E-state index contributed by atoms with van der Waals surface area (Å²) >= 11 is 0. The highest BCUT2D eigenvalue weighted by Crippen LogP contribution is 2.23. The predicted molar refractivity (Wildman–Crippen MR) is 79.7 cm³/mol. The zero-order valence-electron chi connectivity index (χ0n) is 13.5. The maximum Gasteiger partial charge on any atom is 0.231 e. The molecular weight excluding hydrogens is 254 g/mol. The van der Waals surface area contributed by atoms with Gasteiger partial charge in [0.05, 0.1) is 5.92 Å². The first-order valence-electron chi connectivity index (χ1n) is 7.86. The highest BCUT2D eigenvalue weighted by molar-refractivity contribution is 4.99. The average Bonchev–Trinajstić information content (AvgIpc) is 2.94. The lowest BCUT2D eigenvalue weighted by Crippen LogP contribution is -2.33. The lowest BCUT2D eigenvalue weighted by Gasteiger charge is -2.20. The summed E-state index contributed by atoms with van der Waals surface area (Å²) in [4.78, 5) is 4.53. The summed E-state index contributed by atoms with van der Waals surface area (Å²) in [5.74, 6) is 1.59. The molecule has 0 aliphatic rings. The molecule has 1 N–H and O–H groups in total. The Morgan fingerprint density at radius 1 is 1.20 bits per heavy atom. The van der Waals surface area contributed by atoms with E-state index in [-0.39, 0.29) is 12.0 Å². The number of nitrogens with one attached hydrogen (secondary N) is 1. The Morgan fingerprint density at radius 3 is 2.50 bits per heavy atom. The minimum atomic E-state index is -0.0617. The summed E-state index contributed by atoms with van der Waals surface area (Å²) in [5, 5.41) is 7.62. The van der Waals surface area contributed by atoms with Crippen LogP contribution in [0.3, 0.4) is 0 Å². The first-order chi connectivity index (χ1) is 9.67. The molecule has 1 heterocycles. The zero-order valence-corrected chi connectivity index (χ0v) is 13.5. The third kappa shape index (κ3) is 4.56. The van der Waals surface area contributed by atoms with E-state index in [1.807, 2.05) is 6.92 Å². The molecule has 0 aromatic carbocycles. The first kappa shape index (κ1) is 17.1. The van der Waals surface area contributed by atoms with E-state index in [4.69, 9.17) is 9.26 Å². The van der Waals surface area contributed by atoms with Crippen LogP contribution in [0.15, 0.2) is 4.52 Å². The van der Waals surface area contributed by atoms with Crippen LogP contribution in [0, 0.1) is 0 Å². The molecule has 0 fully saturated rings. The van der Waals surface area contributed by atoms with Crippen LogP contribution in [-0.4, -0.2) is 29.3 Å². The monoisotopic (exact) mass is 283 g/mol. The molecule has 1 aromatic rings. The van der Waals surface area contributed by atoms with E-state index in [1.165, 1.54) is 0 Å². The van der Waals surface area contributed by atoms with Crippen LogP contribution in [0.5, 0.6) is 0 Å². The molecule has 0 amide bonds. The quantitative estimate of drug-likeness (QED) is 0.712. The fourth-order valence-corrected chi connectivity index (χ4v) is 2.32. The van der Waals surface area contributed by atoms with Crippen molar-refractivity contribution >= 4 is 0 Å². The molecular formula is C15H29N3O2. The van der Waals surface area contributed by atoms with E-state index < -0.39 is 0 Å². The SMILES string of the molecule is CCCNC(CC)C(C)c1nc(C(CC)OCC)no1. The fourth-order valence-electron chi connectivity index (χ4n) is 2.32. The molecule has 0 radical (unpaired) electrons. The molecule has 1 aromatic heterocycles. The zero-order chi connectivity index (χ0) is 15.0. The van der Waals surface area contributed by atoms with Crippen LogP contribution in [0.2, 0.25) is 0 Å². The maximum atomic E-state index is 5.62. The number of aromatic nitrogens is 2. The van der Waals surface area contributed by atoms with Crippen molar-refractivity contribution in [2.45, 2.75) is 71.9 Å². The van der Waals surface area contributed by atoms with Gasteiger partial charge in [0.1, 0.15) is 6.10 Å². The second-order valence-corrected chi connectivity index (χ2v) is 5.10. The second-order valence-electron chi connectivity index (χ2n) is 5.10. The molecule has 116 valence electrons. The molecule has 3 atom stereocenters. The van der Waals surface area contributed by atoms with Crippen molar-refractivity contribution in [1.82, 2.24) is 15.5 Å². The Hall–Kier alpha value is -0.940. The second kappa shape index (κ2) is 9.08. The third-order valence-electron chi connectivity index (χ3n) is 3.57. The lowest BCUT2D eigenvalue weighted by atomic mass is 9.99. The van der Waals surface area contributed by atoms with Gasteiger partial charge in [-0.15, -0.1) is 0 Å². The first-order valence-corrected chi connectivity index (χ1v) is 7.86. The van der Waals surface area contributed by atoms with Gasteiger partial charge in [-0.25, -0.2) is 0 Å². The molecule has 1 rings (SSSR count). The number of rotatable bonds is 10. The van der Waals surface area contributed by atoms with E-state index in [9.17, 15) is 0 Å². The summed E-state index contributed by atoms with van der Waals surface area (Å²) in [7, 11) is 0. The van der Waals surface area contributed by atoms with Gasteiger partial charge in [-0.05, 0) is 32.7 Å². The van der Waals surface area contributed by atoms with Crippen molar-refractivity contribution in [1.29, 1.82) is 0 Å². The van der Waals surface area contributed by atoms with Gasteiger partial charge >= 0.3 is 0 Å². The minimum absolute atomic E-state index is 0.0617. The molecule has 0 saturated heterocycles. The predicted octanol–water partition coefficient (Wildman–Crippen LogP) is 3.44. The van der Waals surface area contributed by atoms with Crippen molar-refractivity contribution in [3.8, 4) is 0 Å². The molecule has 0 bridgehead atoms. The minimum Gasteiger partial charge on any atom is -0.370 e. The lowest BCUT2D eigenvalue weighted by molar-refractivity contribution is 0.0518. The van der Waals surface area contributed by atoms with Gasteiger partial charge in [0.2, 0.25) is 11.7 Å². The van der Waals surface area contributed by atoms with Crippen LogP contribution in [0.25, 0.3) is 0 Å². The molecule has 20 heavy (non-hydrogen) atoms. The summed E-state index contributed by atoms with van der Waals surface area (Å²) in [5.41, 5.74) is 0. The van der Waals surface area contributed by atoms with E-state index in [1.54, 1.807) is 0 Å². The maximum absolute atomic E-state index is 5.62. The summed E-state index contributed by atoms with van der Waals surface area (Å²) < 4.78 is 11.1. The molecule has 0 aliphatic carbocycles. The largest absolute Gasteiger partial charge is 0.370 e. The molecule has 5 nitrogen and oxygen atoms in total. The highest BCUT2D eigenvalue weighted by Gasteiger charge is 2.24. The fraction of sp³-hybridized carbons (Fsp3) is 0.867. The van der Waals surface area contributed by atoms with Gasteiger partial charge in [-0.1, -0.05) is 32.9 Å². The molecule has 0 aliphatic heterocycles. The number of hydrogen-bond acceptors (Lipinski definition) is 5. The van der Waals surface area contributed by atoms with Gasteiger partial charge < -0.3 is 14.6 Å². The normalized spacial score (nSPS) is 16.1. The number of ether oxygens (including phenoxy) is 1. The summed E-state index contributed by atoms with van der Waals surface area (Å²) in [6, 6.07) is 0.371. The number of hydrogen-bond donors (Lipinski definition) is 1. The Labute approximate surface area is 122 Å². The van der Waals surface area contributed by atoms with Crippen LogP contribution in [-0.2, 0) is 4.74 Å². The summed E-state index contributed by atoms with van der Waals surface area (Å²) in [6.07, 6.45) is 2.96. The van der Waals surface area contributed by atoms with Gasteiger partial charge in [0.25, 0.3) is 0 Å². The van der Waals surface area contributed by atoms with Crippen molar-refractivity contribution in [2.75, 3.05) is 13.2 Å². The Kier molecular flexibility index (Phi) is 7.77. The van der Waals surface area contributed by atoms with E-state index in [0.29, 0.717) is 24.4 Å². The smallest absolute Gasteiger partial charge is 0.231 e. The van der Waals surface area contributed by atoms with Crippen molar-refractivity contribution in [3.05, 3.63) is 11.7 Å². The van der Waals surface area contributed by atoms with E-state index >= 15 is 0 Å². The topological polar surface area (TPSA) is 60.2 Å². The van der Waals surface area contributed by atoms with Crippen molar-refractivity contribution < 1.29 is 9.26 Å². The van der Waals surface area contributed by atoms with Gasteiger partial charge in [-0.2, -0.15) is 4.98 Å². The van der Waals surface area contributed by atoms with Crippen LogP contribution in [0.4, 0.5) is 0 Å². The van der Waals surface area contributed by atoms with Gasteiger partial charge in [0.15, 0.2) is 0 Å².